The van der Waals surface area contributed by atoms with E-state index in [0.717, 1.165) is 41.4 Å². The highest BCUT2D eigenvalue weighted by atomic mass is 127. The van der Waals surface area contributed by atoms with Gasteiger partial charge in [-0.2, -0.15) is 13.2 Å². The van der Waals surface area contributed by atoms with Crippen molar-refractivity contribution >= 4 is 40.4 Å². The lowest BCUT2D eigenvalue weighted by Gasteiger charge is -2.01. The van der Waals surface area contributed by atoms with E-state index in [1.165, 1.54) is 47.2 Å². The zero-order valence-electron chi connectivity index (χ0n) is 22.8. The van der Waals surface area contributed by atoms with E-state index in [1.54, 1.807) is 24.3 Å². The molecule has 0 fully saturated rings. The Morgan fingerprint density at radius 1 is 1.00 bits per heavy atom. The number of nitrogens with zero attached hydrogens (tertiary/aromatic N) is 3. The summed E-state index contributed by atoms with van der Waals surface area (Å²) in [5.74, 6) is -1.04. The first-order valence-electron chi connectivity index (χ1n) is 12.3. The molecular weight excluding hydrogens is 646 g/mol. The number of carbonyl (C=O) groups is 2. The minimum absolute atomic E-state index is 0. The number of benzene rings is 1. The summed E-state index contributed by atoms with van der Waals surface area (Å²) in [4.78, 5) is 24.3. The summed E-state index contributed by atoms with van der Waals surface area (Å²) in [6, 6.07) is 6.79. The van der Waals surface area contributed by atoms with Gasteiger partial charge in [-0.05, 0) is 50.0 Å². The minimum atomic E-state index is -4.33. The number of aromatic nitrogens is 2. The van der Waals surface area contributed by atoms with E-state index in [-0.39, 0.29) is 43.3 Å². The maximum absolute atomic E-state index is 12.7. The molecule has 0 N–H and O–H groups in total. The van der Waals surface area contributed by atoms with Gasteiger partial charge in [0, 0.05) is 20.4 Å². The van der Waals surface area contributed by atoms with Crippen molar-refractivity contribution in [3.8, 4) is 0 Å². The Kier molecular flexibility index (Phi) is 25.3. The van der Waals surface area contributed by atoms with Gasteiger partial charge in [0.25, 0.3) is 0 Å². The lowest BCUT2D eigenvalue weighted by Crippen LogP contribution is -3.00. The Labute approximate surface area is 253 Å². The van der Waals surface area contributed by atoms with Gasteiger partial charge >= 0.3 is 23.9 Å². The number of carbonyl (C=O) groups excluding carboxylic acids is 2. The fourth-order valence-electron chi connectivity index (χ4n) is 3.34. The van der Waals surface area contributed by atoms with Crippen LogP contribution in [0.15, 0.2) is 29.3 Å². The summed E-state index contributed by atoms with van der Waals surface area (Å²) >= 11 is 4.40. The third-order valence-corrected chi connectivity index (χ3v) is 5.21. The van der Waals surface area contributed by atoms with Gasteiger partial charge in [-0.1, -0.05) is 45.7 Å². The molecule has 7 nitrogen and oxygen atoms in total. The molecule has 39 heavy (non-hydrogen) atoms. The molecule has 0 amide bonds. The Morgan fingerprint density at radius 3 is 1.95 bits per heavy atom. The molecule has 1 aromatic carbocycles. The molecule has 0 saturated heterocycles. The van der Waals surface area contributed by atoms with Crippen LogP contribution in [0.25, 0.3) is 11.0 Å². The van der Waals surface area contributed by atoms with Crippen molar-refractivity contribution in [2.45, 2.75) is 79.3 Å². The van der Waals surface area contributed by atoms with E-state index in [2.05, 4.69) is 29.3 Å². The lowest BCUT2D eigenvalue weighted by molar-refractivity contribution is -0.667. The van der Waals surface area contributed by atoms with Crippen LogP contribution in [0, 0.1) is 0 Å². The van der Waals surface area contributed by atoms with Crippen molar-refractivity contribution < 1.29 is 60.8 Å². The topological polar surface area (TPSA) is 73.8 Å². The van der Waals surface area contributed by atoms with Crippen LogP contribution in [0.2, 0.25) is 0 Å². The number of para-hydroxylation sites is 2. The van der Waals surface area contributed by atoms with E-state index in [0.29, 0.717) is 24.2 Å². The smallest absolute Gasteiger partial charge is 0.495 e. The molecule has 2 aromatic rings. The number of imidazole rings is 1. The van der Waals surface area contributed by atoms with E-state index in [4.69, 9.17) is 9.47 Å². The largest absolute Gasteiger partial charge is 1.00 e. The molecule has 0 radical (unpaired) electrons. The average Bonchev–Trinajstić information content (AvgIpc) is 3.09. The molecule has 0 atom stereocenters. The van der Waals surface area contributed by atoms with Crippen LogP contribution >= 0.6 is 12.2 Å². The van der Waals surface area contributed by atoms with Crippen molar-refractivity contribution in [1.29, 1.82) is 0 Å². The van der Waals surface area contributed by atoms with Crippen LogP contribution in [0.5, 0.6) is 0 Å². The minimum Gasteiger partial charge on any atom is -1.00 e. The van der Waals surface area contributed by atoms with E-state index in [1.807, 2.05) is 0 Å². The predicted molar refractivity (Wildman–Crippen MR) is 147 cm³/mol. The van der Waals surface area contributed by atoms with Gasteiger partial charge < -0.3 is 33.5 Å². The number of aryl methyl sites for hydroxylation is 2. The van der Waals surface area contributed by atoms with Crippen molar-refractivity contribution in [3.05, 3.63) is 30.1 Å². The first-order valence-corrected chi connectivity index (χ1v) is 12.7. The number of hydrogen-bond acceptors (Lipinski definition) is 6. The monoisotopic (exact) mass is 689 g/mol. The molecule has 0 saturated carbocycles. The molecule has 224 valence electrons. The molecular formula is C27H43F3IN3O4S. The zero-order chi connectivity index (χ0) is 28.3. The molecule has 2 rings (SSSR count). The number of unbranched alkanes of at least 4 members (excludes halogenated alkanes) is 5. The van der Waals surface area contributed by atoms with Gasteiger partial charge in [0.05, 0.1) is 32.5 Å². The van der Waals surface area contributed by atoms with Gasteiger partial charge in [-0.15, -0.1) is 0 Å². The summed E-state index contributed by atoms with van der Waals surface area (Å²) < 4.78 is 49.9. The van der Waals surface area contributed by atoms with Gasteiger partial charge in [0.1, 0.15) is 0 Å². The number of halogens is 4. The van der Waals surface area contributed by atoms with Crippen LogP contribution in [0.3, 0.4) is 0 Å². The van der Waals surface area contributed by atoms with Crippen LogP contribution in [-0.2, 0) is 39.3 Å². The number of thiocarbonyl (C=S) groups is 1. The van der Waals surface area contributed by atoms with Crippen molar-refractivity contribution in [3.63, 3.8) is 0 Å². The fourth-order valence-corrected chi connectivity index (χ4v) is 3.43. The highest BCUT2D eigenvalue weighted by Gasteiger charge is 2.45. The van der Waals surface area contributed by atoms with Crippen molar-refractivity contribution in [1.82, 2.24) is 4.57 Å². The van der Waals surface area contributed by atoms with Crippen LogP contribution < -0.4 is 28.5 Å². The Balaban J connectivity index is -0.000000498. The average molecular weight is 690 g/mol. The molecule has 12 heteroatoms. The Bertz CT molecular complexity index is 965. The van der Waals surface area contributed by atoms with Gasteiger partial charge in [0.15, 0.2) is 11.0 Å². The number of isothiocyanates is 1. The number of rotatable bonds is 11. The quantitative estimate of drug-likeness (QED) is 0.0901. The number of hydrogen-bond donors (Lipinski definition) is 0. The second-order valence-corrected chi connectivity index (χ2v) is 8.39. The van der Waals surface area contributed by atoms with Gasteiger partial charge in [-0.25, -0.2) is 14.1 Å². The summed E-state index contributed by atoms with van der Waals surface area (Å²) in [5, 5.41) is 2.30. The van der Waals surface area contributed by atoms with Gasteiger partial charge in [0.2, 0.25) is 0 Å². The molecule has 0 aliphatic carbocycles. The normalized spacial score (nSPS) is 9.85. The molecule has 0 unspecified atom stereocenters. The molecule has 1 aromatic heterocycles. The zero-order valence-corrected chi connectivity index (χ0v) is 25.7. The number of esters is 2. The summed E-state index contributed by atoms with van der Waals surface area (Å²) in [6.45, 7) is 6.84. The first kappa shape index (κ1) is 41.4. The number of fused-ring (bicyclic) bond motifs is 1. The highest BCUT2D eigenvalue weighted by molar-refractivity contribution is 7.78. The van der Waals surface area contributed by atoms with Crippen LogP contribution in [-0.4, -0.2) is 41.4 Å². The predicted octanol–water partition coefficient (Wildman–Crippen LogP) is 3.61. The standard InChI is InChI=1S/C10H10F3N2.C8H13NO2S.C8H16O2.CH4.HI/c1-14-7-5-3-4-6-8(7)15(2)9(14)10(11,12)13;1-8(10)11-6-4-2-3-5-9-7-12;1-3-4-5-6-7-10-8(2)9;;/h3-6H,1-2H3;2-6H2,1H3;3-7H2,1-2H3;1H4;1H/q+1;;;;/p-1. The highest BCUT2D eigenvalue weighted by Crippen LogP contribution is 2.28. The number of aliphatic imine (C=N–C) groups is 1. The fraction of sp³-hybridized carbons (Fsp3) is 0.630. The van der Waals surface area contributed by atoms with E-state index in [9.17, 15) is 22.8 Å². The molecule has 0 aliphatic heterocycles. The maximum atomic E-state index is 12.7. The maximum Gasteiger partial charge on any atom is 0.495 e. The second-order valence-electron chi connectivity index (χ2n) is 8.20. The Hall–Kier alpha value is -2.05. The second kappa shape index (κ2) is 23.8. The lowest BCUT2D eigenvalue weighted by atomic mass is 10.2. The molecule has 0 aliphatic rings. The van der Waals surface area contributed by atoms with E-state index < -0.39 is 12.0 Å². The van der Waals surface area contributed by atoms with Crippen LogP contribution in [0.1, 0.15) is 79.0 Å². The van der Waals surface area contributed by atoms with Crippen molar-refractivity contribution in [2.75, 3.05) is 19.8 Å². The molecule has 0 bridgehead atoms. The number of ether oxygens (including phenoxy) is 2. The first-order chi connectivity index (χ1) is 17.5. The summed E-state index contributed by atoms with van der Waals surface area (Å²) in [5.41, 5.74) is 1.15. The third-order valence-electron chi connectivity index (χ3n) is 5.08. The van der Waals surface area contributed by atoms with Crippen LogP contribution in [0.4, 0.5) is 13.2 Å². The third kappa shape index (κ3) is 18.8. The van der Waals surface area contributed by atoms with Gasteiger partial charge in [-0.3, -0.25) is 9.59 Å². The molecule has 0 spiro atoms. The summed E-state index contributed by atoms with van der Waals surface area (Å²) in [6.07, 6.45) is 3.19. The van der Waals surface area contributed by atoms with E-state index >= 15 is 0 Å². The number of alkyl halides is 3. The SMILES string of the molecule is C.CC(=O)OCCCCCN=C=S.CCCCCCOC(C)=O.Cn1c(C(F)(F)F)[n+](C)c2ccccc21.[I-]. The van der Waals surface area contributed by atoms with Crippen molar-refractivity contribution in [2.24, 2.45) is 19.1 Å². The summed E-state index contributed by atoms with van der Waals surface area (Å²) in [7, 11) is 2.84. The Morgan fingerprint density at radius 2 is 1.51 bits per heavy atom. The molecule has 1 heterocycles.